The summed E-state index contributed by atoms with van der Waals surface area (Å²) in [7, 11) is 1.95. The molecular weight excluding hydrogens is 226 g/mol. The lowest BCUT2D eigenvalue weighted by Gasteiger charge is -2.16. The molecule has 0 bridgehead atoms. The third-order valence-electron chi connectivity index (χ3n) is 2.93. The third-order valence-corrected chi connectivity index (χ3v) is 2.93. The van der Waals surface area contributed by atoms with Crippen LogP contribution in [0.5, 0.6) is 0 Å². The van der Waals surface area contributed by atoms with Crippen LogP contribution in [0.15, 0.2) is 18.2 Å². The molecule has 1 aromatic carbocycles. The van der Waals surface area contributed by atoms with Crippen molar-refractivity contribution in [2.24, 2.45) is 0 Å². The Balaban J connectivity index is 2.56. The summed E-state index contributed by atoms with van der Waals surface area (Å²) >= 11 is 0. The van der Waals surface area contributed by atoms with Gasteiger partial charge in [-0.05, 0) is 39.4 Å². The summed E-state index contributed by atoms with van der Waals surface area (Å²) in [6.07, 6.45) is 0. The number of likely N-dealkylation sites (N-methyl/N-ethyl adjacent to an activating group) is 1. The standard InChI is InChI=1S/C15H23NO2/c1-5-18-9-8-16(4)11-15(17)14-10-12(2)6-7-13(14)3/h6-7,10H,5,8-9,11H2,1-4H3. The zero-order valence-electron chi connectivity index (χ0n) is 11.8. The fourth-order valence-corrected chi connectivity index (χ4v) is 1.81. The van der Waals surface area contributed by atoms with Crippen molar-refractivity contribution < 1.29 is 9.53 Å². The average molecular weight is 249 g/mol. The van der Waals surface area contributed by atoms with Gasteiger partial charge in [0.25, 0.3) is 0 Å². The maximum atomic E-state index is 12.2. The highest BCUT2D eigenvalue weighted by molar-refractivity contribution is 5.99. The van der Waals surface area contributed by atoms with Gasteiger partial charge in [0.2, 0.25) is 0 Å². The molecule has 0 aliphatic carbocycles. The predicted molar refractivity (Wildman–Crippen MR) is 74.2 cm³/mol. The quantitative estimate of drug-likeness (QED) is 0.549. The summed E-state index contributed by atoms with van der Waals surface area (Å²) in [6, 6.07) is 6.00. The van der Waals surface area contributed by atoms with Crippen molar-refractivity contribution in [2.45, 2.75) is 20.8 Å². The van der Waals surface area contributed by atoms with Gasteiger partial charge in [0.1, 0.15) is 0 Å². The van der Waals surface area contributed by atoms with E-state index in [4.69, 9.17) is 4.74 Å². The van der Waals surface area contributed by atoms with E-state index in [1.807, 2.05) is 50.9 Å². The van der Waals surface area contributed by atoms with Crippen LogP contribution >= 0.6 is 0 Å². The van der Waals surface area contributed by atoms with E-state index in [9.17, 15) is 4.79 Å². The minimum absolute atomic E-state index is 0.176. The summed E-state index contributed by atoms with van der Waals surface area (Å²) in [4.78, 5) is 14.2. The van der Waals surface area contributed by atoms with Crippen molar-refractivity contribution in [2.75, 3.05) is 33.4 Å². The van der Waals surface area contributed by atoms with Gasteiger partial charge in [-0.2, -0.15) is 0 Å². The second-order valence-electron chi connectivity index (χ2n) is 4.68. The van der Waals surface area contributed by atoms with Crippen molar-refractivity contribution >= 4 is 5.78 Å². The van der Waals surface area contributed by atoms with Gasteiger partial charge in [-0.3, -0.25) is 9.69 Å². The minimum atomic E-state index is 0.176. The molecule has 0 unspecified atom stereocenters. The molecule has 0 saturated carbocycles. The SMILES string of the molecule is CCOCCN(C)CC(=O)c1cc(C)ccc1C. The molecule has 0 heterocycles. The normalized spacial score (nSPS) is 10.9. The Bertz CT molecular complexity index is 401. The molecule has 0 spiro atoms. The number of carbonyl (C=O) groups excluding carboxylic acids is 1. The number of carbonyl (C=O) groups is 1. The average Bonchev–Trinajstić information content (AvgIpc) is 2.32. The van der Waals surface area contributed by atoms with Crippen LogP contribution in [0.4, 0.5) is 0 Å². The molecule has 0 atom stereocenters. The van der Waals surface area contributed by atoms with Gasteiger partial charge in [0.15, 0.2) is 5.78 Å². The van der Waals surface area contributed by atoms with E-state index >= 15 is 0 Å². The molecule has 3 heteroatoms. The number of rotatable bonds is 7. The summed E-state index contributed by atoms with van der Waals surface area (Å²) in [5, 5.41) is 0. The second kappa shape index (κ2) is 7.29. The second-order valence-corrected chi connectivity index (χ2v) is 4.68. The summed E-state index contributed by atoms with van der Waals surface area (Å²) in [6.45, 7) is 8.58. The third kappa shape index (κ3) is 4.59. The molecule has 1 aromatic rings. The predicted octanol–water partition coefficient (Wildman–Crippen LogP) is 2.45. The molecule has 0 amide bonds. The topological polar surface area (TPSA) is 29.5 Å². The van der Waals surface area contributed by atoms with Crippen molar-refractivity contribution in [1.82, 2.24) is 4.90 Å². The molecular formula is C15H23NO2. The zero-order chi connectivity index (χ0) is 13.5. The van der Waals surface area contributed by atoms with Gasteiger partial charge in [-0.25, -0.2) is 0 Å². The number of hydrogen-bond acceptors (Lipinski definition) is 3. The van der Waals surface area contributed by atoms with E-state index in [1.54, 1.807) is 0 Å². The molecule has 0 aliphatic heterocycles. The largest absolute Gasteiger partial charge is 0.380 e. The first kappa shape index (κ1) is 14.9. The molecule has 100 valence electrons. The van der Waals surface area contributed by atoms with Gasteiger partial charge < -0.3 is 4.74 Å². The molecule has 0 aromatic heterocycles. The first-order valence-corrected chi connectivity index (χ1v) is 6.41. The Labute approximate surface area is 110 Å². The monoisotopic (exact) mass is 249 g/mol. The van der Waals surface area contributed by atoms with Crippen LogP contribution < -0.4 is 0 Å². The maximum Gasteiger partial charge on any atom is 0.177 e. The van der Waals surface area contributed by atoms with Crippen molar-refractivity contribution in [3.63, 3.8) is 0 Å². The Kier molecular flexibility index (Phi) is 6.02. The van der Waals surface area contributed by atoms with E-state index in [-0.39, 0.29) is 5.78 Å². The highest BCUT2D eigenvalue weighted by Gasteiger charge is 2.11. The lowest BCUT2D eigenvalue weighted by molar-refractivity contribution is 0.0896. The lowest BCUT2D eigenvalue weighted by atomic mass is 10.0. The van der Waals surface area contributed by atoms with Crippen molar-refractivity contribution in [3.8, 4) is 0 Å². The Morgan fingerprint density at radius 3 is 2.72 bits per heavy atom. The molecule has 0 N–H and O–H groups in total. The van der Waals surface area contributed by atoms with E-state index in [0.29, 0.717) is 13.2 Å². The summed E-state index contributed by atoms with van der Waals surface area (Å²) in [5.74, 6) is 0.176. The van der Waals surface area contributed by atoms with Crippen molar-refractivity contribution in [3.05, 3.63) is 34.9 Å². The first-order chi connectivity index (χ1) is 8.54. The van der Waals surface area contributed by atoms with Gasteiger partial charge in [-0.1, -0.05) is 17.7 Å². The van der Waals surface area contributed by atoms with E-state index in [2.05, 4.69) is 0 Å². The van der Waals surface area contributed by atoms with Crippen LogP contribution in [-0.2, 0) is 4.74 Å². The molecule has 0 fully saturated rings. The van der Waals surface area contributed by atoms with Gasteiger partial charge in [-0.15, -0.1) is 0 Å². The fourth-order valence-electron chi connectivity index (χ4n) is 1.81. The zero-order valence-corrected chi connectivity index (χ0v) is 11.8. The smallest absolute Gasteiger partial charge is 0.177 e. The Hall–Kier alpha value is -1.19. The number of hydrogen-bond donors (Lipinski definition) is 0. The lowest BCUT2D eigenvalue weighted by Crippen LogP contribution is -2.29. The molecule has 0 aliphatic rings. The number of ketones is 1. The summed E-state index contributed by atoms with van der Waals surface area (Å²) in [5.41, 5.74) is 3.00. The highest BCUT2D eigenvalue weighted by Crippen LogP contribution is 2.11. The van der Waals surface area contributed by atoms with Crippen LogP contribution in [0.3, 0.4) is 0 Å². The highest BCUT2D eigenvalue weighted by atomic mass is 16.5. The molecule has 1 rings (SSSR count). The van der Waals surface area contributed by atoms with Crippen LogP contribution in [0.25, 0.3) is 0 Å². The maximum absolute atomic E-state index is 12.2. The Morgan fingerprint density at radius 2 is 2.06 bits per heavy atom. The first-order valence-electron chi connectivity index (χ1n) is 6.41. The van der Waals surface area contributed by atoms with E-state index in [1.165, 1.54) is 0 Å². The van der Waals surface area contributed by atoms with Crippen LogP contribution in [0, 0.1) is 13.8 Å². The molecule has 0 saturated heterocycles. The van der Waals surface area contributed by atoms with Crippen LogP contribution in [0.2, 0.25) is 0 Å². The molecule has 3 nitrogen and oxygen atoms in total. The van der Waals surface area contributed by atoms with Gasteiger partial charge in [0.05, 0.1) is 13.2 Å². The van der Waals surface area contributed by atoms with E-state index < -0.39 is 0 Å². The number of nitrogens with zero attached hydrogens (tertiary/aromatic N) is 1. The number of aryl methyl sites for hydroxylation is 2. The fraction of sp³-hybridized carbons (Fsp3) is 0.533. The summed E-state index contributed by atoms with van der Waals surface area (Å²) < 4.78 is 5.28. The van der Waals surface area contributed by atoms with Crippen LogP contribution in [-0.4, -0.2) is 44.0 Å². The number of ether oxygens (including phenoxy) is 1. The Morgan fingerprint density at radius 1 is 1.33 bits per heavy atom. The van der Waals surface area contributed by atoms with Crippen molar-refractivity contribution in [1.29, 1.82) is 0 Å². The minimum Gasteiger partial charge on any atom is -0.380 e. The van der Waals surface area contributed by atoms with Crippen LogP contribution in [0.1, 0.15) is 28.4 Å². The van der Waals surface area contributed by atoms with Gasteiger partial charge in [0, 0.05) is 18.7 Å². The van der Waals surface area contributed by atoms with Gasteiger partial charge >= 0.3 is 0 Å². The number of Topliss-reactive ketones (excluding diaryl/α,β-unsaturated/α-hetero) is 1. The van der Waals surface area contributed by atoms with E-state index in [0.717, 1.165) is 29.8 Å². The molecule has 18 heavy (non-hydrogen) atoms. The number of benzene rings is 1. The molecule has 0 radical (unpaired) electrons.